The van der Waals surface area contributed by atoms with Crippen molar-refractivity contribution in [3.63, 3.8) is 0 Å². The number of rotatable bonds is 4. The summed E-state index contributed by atoms with van der Waals surface area (Å²) in [6.07, 6.45) is 0. The zero-order valence-corrected chi connectivity index (χ0v) is 13.0. The first kappa shape index (κ1) is 14.8. The number of nitrogens with one attached hydrogen (secondary N) is 1. The SMILES string of the molecule is Cc1cc(C(C)Nc2cc(Cl)ccc2[N+](=O)[O-])c(C)s1. The first-order valence-corrected chi connectivity index (χ1v) is 7.35. The molecule has 1 unspecified atom stereocenters. The van der Waals surface area contributed by atoms with E-state index in [2.05, 4.69) is 25.2 Å². The van der Waals surface area contributed by atoms with E-state index in [4.69, 9.17) is 11.6 Å². The van der Waals surface area contributed by atoms with E-state index in [-0.39, 0.29) is 11.7 Å². The van der Waals surface area contributed by atoms with E-state index in [0.29, 0.717) is 10.7 Å². The van der Waals surface area contributed by atoms with Gasteiger partial charge in [-0.15, -0.1) is 11.3 Å². The molecule has 0 amide bonds. The molecule has 1 aromatic carbocycles. The van der Waals surface area contributed by atoms with E-state index in [1.165, 1.54) is 21.9 Å². The topological polar surface area (TPSA) is 55.2 Å². The van der Waals surface area contributed by atoms with Crippen LogP contribution in [0.4, 0.5) is 11.4 Å². The third-order valence-corrected chi connectivity index (χ3v) is 4.29. The Bertz CT molecular complexity index is 655. The van der Waals surface area contributed by atoms with Crippen molar-refractivity contribution in [2.45, 2.75) is 26.8 Å². The van der Waals surface area contributed by atoms with Crippen LogP contribution in [0.1, 0.15) is 28.3 Å². The minimum atomic E-state index is -0.406. The van der Waals surface area contributed by atoms with E-state index in [0.717, 1.165) is 5.56 Å². The first-order chi connectivity index (χ1) is 9.38. The van der Waals surface area contributed by atoms with Crippen LogP contribution < -0.4 is 5.32 Å². The number of anilines is 1. The van der Waals surface area contributed by atoms with E-state index < -0.39 is 4.92 Å². The summed E-state index contributed by atoms with van der Waals surface area (Å²) in [7, 11) is 0. The van der Waals surface area contributed by atoms with E-state index in [1.807, 2.05) is 6.92 Å². The van der Waals surface area contributed by atoms with Crippen LogP contribution in [0.2, 0.25) is 5.02 Å². The van der Waals surface area contributed by atoms with Gasteiger partial charge in [0.05, 0.1) is 4.92 Å². The quantitative estimate of drug-likeness (QED) is 0.631. The predicted octanol–water partition coefficient (Wildman–Crippen LogP) is 5.10. The van der Waals surface area contributed by atoms with Gasteiger partial charge in [-0.3, -0.25) is 10.1 Å². The summed E-state index contributed by atoms with van der Waals surface area (Å²) in [5.74, 6) is 0. The number of thiophene rings is 1. The molecule has 0 aliphatic carbocycles. The molecule has 1 aromatic heterocycles. The van der Waals surface area contributed by atoms with Gasteiger partial charge < -0.3 is 5.32 Å². The van der Waals surface area contributed by atoms with Crippen molar-refractivity contribution in [1.82, 2.24) is 0 Å². The van der Waals surface area contributed by atoms with Gasteiger partial charge in [0.15, 0.2) is 0 Å². The fraction of sp³-hybridized carbons (Fsp3) is 0.286. The Balaban J connectivity index is 2.32. The van der Waals surface area contributed by atoms with Gasteiger partial charge >= 0.3 is 0 Å². The van der Waals surface area contributed by atoms with Crippen LogP contribution >= 0.6 is 22.9 Å². The molecule has 106 valence electrons. The maximum Gasteiger partial charge on any atom is 0.292 e. The maximum atomic E-state index is 11.0. The van der Waals surface area contributed by atoms with Crippen molar-refractivity contribution in [3.8, 4) is 0 Å². The molecular formula is C14H15ClN2O2S. The molecular weight excluding hydrogens is 296 g/mol. The number of benzene rings is 1. The Hall–Kier alpha value is -1.59. The monoisotopic (exact) mass is 310 g/mol. The second kappa shape index (κ2) is 5.81. The Kier molecular flexibility index (Phi) is 4.30. The number of nitrogens with zero attached hydrogens (tertiary/aromatic N) is 1. The summed E-state index contributed by atoms with van der Waals surface area (Å²) >= 11 is 7.65. The van der Waals surface area contributed by atoms with Gasteiger partial charge in [-0.2, -0.15) is 0 Å². The molecule has 1 heterocycles. The third-order valence-electron chi connectivity index (χ3n) is 3.07. The maximum absolute atomic E-state index is 11.0. The lowest BCUT2D eigenvalue weighted by molar-refractivity contribution is -0.384. The molecule has 0 radical (unpaired) electrons. The average Bonchev–Trinajstić information content (AvgIpc) is 2.68. The van der Waals surface area contributed by atoms with Crippen LogP contribution in [0.3, 0.4) is 0 Å². The lowest BCUT2D eigenvalue weighted by Crippen LogP contribution is -2.08. The molecule has 0 saturated heterocycles. The Labute approximate surface area is 126 Å². The minimum absolute atomic E-state index is 0.0166. The minimum Gasteiger partial charge on any atom is -0.373 e. The highest BCUT2D eigenvalue weighted by Crippen LogP contribution is 2.33. The number of hydrogen-bond donors (Lipinski definition) is 1. The van der Waals surface area contributed by atoms with Crippen molar-refractivity contribution >= 4 is 34.3 Å². The van der Waals surface area contributed by atoms with Crippen molar-refractivity contribution in [1.29, 1.82) is 0 Å². The number of halogens is 1. The van der Waals surface area contributed by atoms with Crippen molar-refractivity contribution in [2.24, 2.45) is 0 Å². The summed E-state index contributed by atoms with van der Waals surface area (Å²) in [6.45, 7) is 6.09. The smallest absolute Gasteiger partial charge is 0.292 e. The summed E-state index contributed by atoms with van der Waals surface area (Å²) in [5.41, 5.74) is 1.63. The van der Waals surface area contributed by atoms with Gasteiger partial charge in [0, 0.05) is 26.9 Å². The van der Waals surface area contributed by atoms with E-state index in [9.17, 15) is 10.1 Å². The average molecular weight is 311 g/mol. The molecule has 1 atom stereocenters. The van der Waals surface area contributed by atoms with Gasteiger partial charge in [0.25, 0.3) is 5.69 Å². The Morgan fingerprint density at radius 2 is 2.05 bits per heavy atom. The number of hydrogen-bond acceptors (Lipinski definition) is 4. The largest absolute Gasteiger partial charge is 0.373 e. The molecule has 2 aromatic rings. The van der Waals surface area contributed by atoms with Gasteiger partial charge in [-0.05, 0) is 44.5 Å². The lowest BCUT2D eigenvalue weighted by atomic mass is 10.1. The zero-order chi connectivity index (χ0) is 14.9. The Morgan fingerprint density at radius 1 is 1.35 bits per heavy atom. The predicted molar refractivity (Wildman–Crippen MR) is 83.9 cm³/mol. The standard InChI is InChI=1S/C14H15ClN2O2S/c1-8-6-12(10(3)20-8)9(2)16-13-7-11(15)4-5-14(13)17(18)19/h4-7,9,16H,1-3H3. The lowest BCUT2D eigenvalue weighted by Gasteiger charge is -2.15. The fourth-order valence-electron chi connectivity index (χ4n) is 2.17. The second-order valence-electron chi connectivity index (χ2n) is 4.65. The highest BCUT2D eigenvalue weighted by molar-refractivity contribution is 7.12. The number of aryl methyl sites for hydroxylation is 2. The Morgan fingerprint density at radius 3 is 2.60 bits per heavy atom. The molecule has 0 fully saturated rings. The summed E-state index contributed by atoms with van der Waals surface area (Å²) in [5, 5.41) is 14.7. The number of nitro benzene ring substituents is 1. The molecule has 0 aliphatic rings. The van der Waals surface area contributed by atoms with Crippen molar-refractivity contribution < 1.29 is 4.92 Å². The van der Waals surface area contributed by atoms with Crippen LogP contribution in [-0.4, -0.2) is 4.92 Å². The van der Waals surface area contributed by atoms with Crippen LogP contribution in [0.5, 0.6) is 0 Å². The van der Waals surface area contributed by atoms with Gasteiger partial charge in [-0.25, -0.2) is 0 Å². The van der Waals surface area contributed by atoms with Crippen LogP contribution in [0, 0.1) is 24.0 Å². The number of nitro groups is 1. The van der Waals surface area contributed by atoms with E-state index in [1.54, 1.807) is 17.4 Å². The fourth-order valence-corrected chi connectivity index (χ4v) is 3.37. The molecule has 4 nitrogen and oxygen atoms in total. The summed E-state index contributed by atoms with van der Waals surface area (Å²) in [6, 6.07) is 6.62. The van der Waals surface area contributed by atoms with Crippen LogP contribution in [0.25, 0.3) is 0 Å². The molecule has 1 N–H and O–H groups in total. The van der Waals surface area contributed by atoms with Gasteiger partial charge in [0.2, 0.25) is 0 Å². The molecule has 6 heteroatoms. The van der Waals surface area contributed by atoms with Gasteiger partial charge in [0.1, 0.15) is 5.69 Å². The van der Waals surface area contributed by atoms with Crippen molar-refractivity contribution in [2.75, 3.05) is 5.32 Å². The van der Waals surface area contributed by atoms with Crippen LogP contribution in [0.15, 0.2) is 24.3 Å². The summed E-state index contributed by atoms with van der Waals surface area (Å²) in [4.78, 5) is 13.1. The molecule has 2 rings (SSSR count). The molecule has 0 saturated carbocycles. The zero-order valence-electron chi connectivity index (χ0n) is 11.4. The van der Waals surface area contributed by atoms with Crippen molar-refractivity contribution in [3.05, 3.63) is 54.7 Å². The normalized spacial score (nSPS) is 12.2. The van der Waals surface area contributed by atoms with Crippen LogP contribution in [-0.2, 0) is 0 Å². The molecule has 0 spiro atoms. The van der Waals surface area contributed by atoms with Gasteiger partial charge in [-0.1, -0.05) is 11.6 Å². The highest BCUT2D eigenvalue weighted by Gasteiger charge is 2.18. The molecule has 0 bridgehead atoms. The first-order valence-electron chi connectivity index (χ1n) is 6.16. The van der Waals surface area contributed by atoms with E-state index >= 15 is 0 Å². The second-order valence-corrected chi connectivity index (χ2v) is 6.55. The summed E-state index contributed by atoms with van der Waals surface area (Å²) < 4.78 is 0. The molecule has 20 heavy (non-hydrogen) atoms. The molecule has 0 aliphatic heterocycles. The third kappa shape index (κ3) is 3.11. The highest BCUT2D eigenvalue weighted by atomic mass is 35.5.